The highest BCUT2D eigenvalue weighted by Gasteiger charge is 2.39. The first-order valence-electron chi connectivity index (χ1n) is 6.61. The fourth-order valence-corrected chi connectivity index (χ4v) is 3.00. The van der Waals surface area contributed by atoms with E-state index in [1.807, 2.05) is 0 Å². The van der Waals surface area contributed by atoms with Gasteiger partial charge in [0.05, 0.1) is 0 Å². The van der Waals surface area contributed by atoms with Crippen LogP contribution in [0.3, 0.4) is 0 Å². The number of hydrogen-bond donors (Lipinski definition) is 2. The molecule has 0 aromatic heterocycles. The summed E-state index contributed by atoms with van der Waals surface area (Å²) in [5.74, 6) is 2.59. The summed E-state index contributed by atoms with van der Waals surface area (Å²) >= 11 is 0. The SMILES string of the molecule is CC1CCC(CN)(NCC2CC2)C(C)C1. The van der Waals surface area contributed by atoms with Gasteiger partial charge in [-0.2, -0.15) is 0 Å². The summed E-state index contributed by atoms with van der Waals surface area (Å²) in [6.45, 7) is 6.77. The van der Waals surface area contributed by atoms with Crippen molar-refractivity contribution >= 4 is 0 Å². The molecule has 2 heteroatoms. The van der Waals surface area contributed by atoms with Crippen LogP contribution in [0.15, 0.2) is 0 Å². The Morgan fingerprint density at radius 3 is 2.53 bits per heavy atom. The fraction of sp³-hybridized carbons (Fsp3) is 1.00. The van der Waals surface area contributed by atoms with Crippen LogP contribution in [0.4, 0.5) is 0 Å². The van der Waals surface area contributed by atoms with Crippen LogP contribution in [-0.4, -0.2) is 18.6 Å². The number of hydrogen-bond acceptors (Lipinski definition) is 2. The van der Waals surface area contributed by atoms with Gasteiger partial charge in [-0.25, -0.2) is 0 Å². The zero-order chi connectivity index (χ0) is 10.9. The molecule has 15 heavy (non-hydrogen) atoms. The molecule has 0 saturated heterocycles. The Balaban J connectivity index is 1.92. The molecule has 2 nitrogen and oxygen atoms in total. The number of nitrogens with one attached hydrogen (secondary N) is 1. The molecule has 3 unspecified atom stereocenters. The van der Waals surface area contributed by atoms with E-state index in [4.69, 9.17) is 5.73 Å². The normalized spacial score (nSPS) is 41.8. The first kappa shape index (κ1) is 11.4. The summed E-state index contributed by atoms with van der Waals surface area (Å²) < 4.78 is 0. The molecule has 2 rings (SSSR count). The van der Waals surface area contributed by atoms with Gasteiger partial charge in [0.2, 0.25) is 0 Å². The van der Waals surface area contributed by atoms with Crippen LogP contribution in [0, 0.1) is 17.8 Å². The van der Waals surface area contributed by atoms with Crippen molar-refractivity contribution in [2.45, 2.75) is 51.5 Å². The van der Waals surface area contributed by atoms with E-state index in [-0.39, 0.29) is 5.54 Å². The van der Waals surface area contributed by atoms with E-state index in [0.29, 0.717) is 0 Å². The average molecular weight is 210 g/mol. The molecule has 88 valence electrons. The van der Waals surface area contributed by atoms with E-state index < -0.39 is 0 Å². The van der Waals surface area contributed by atoms with Gasteiger partial charge in [0.1, 0.15) is 0 Å². The zero-order valence-electron chi connectivity index (χ0n) is 10.3. The largest absolute Gasteiger partial charge is 0.329 e. The van der Waals surface area contributed by atoms with Crippen molar-refractivity contribution in [3.05, 3.63) is 0 Å². The maximum atomic E-state index is 6.02. The molecule has 0 bridgehead atoms. The lowest BCUT2D eigenvalue weighted by Crippen LogP contribution is -2.58. The highest BCUT2D eigenvalue weighted by atomic mass is 15.0. The molecular weight excluding hydrogens is 184 g/mol. The third-order valence-electron chi connectivity index (χ3n) is 4.59. The summed E-state index contributed by atoms with van der Waals surface area (Å²) in [5, 5.41) is 3.79. The molecule has 0 radical (unpaired) electrons. The maximum Gasteiger partial charge on any atom is 0.0330 e. The molecular formula is C13H26N2. The summed E-state index contributed by atoms with van der Waals surface area (Å²) in [6.07, 6.45) is 6.82. The predicted octanol–water partition coefficient (Wildman–Crippen LogP) is 2.14. The van der Waals surface area contributed by atoms with Crippen molar-refractivity contribution in [2.24, 2.45) is 23.5 Å². The Labute approximate surface area is 94.0 Å². The Kier molecular flexibility index (Phi) is 3.36. The Morgan fingerprint density at radius 2 is 2.00 bits per heavy atom. The summed E-state index contributed by atoms with van der Waals surface area (Å²) in [7, 11) is 0. The lowest BCUT2D eigenvalue weighted by molar-refractivity contribution is 0.128. The van der Waals surface area contributed by atoms with Crippen LogP contribution < -0.4 is 11.1 Å². The van der Waals surface area contributed by atoms with Gasteiger partial charge in [-0.15, -0.1) is 0 Å². The minimum Gasteiger partial charge on any atom is -0.329 e. The second-order valence-electron chi connectivity index (χ2n) is 5.97. The minimum atomic E-state index is 0.259. The summed E-state index contributed by atoms with van der Waals surface area (Å²) in [6, 6.07) is 0. The van der Waals surface area contributed by atoms with E-state index in [9.17, 15) is 0 Å². The Morgan fingerprint density at radius 1 is 1.27 bits per heavy atom. The topological polar surface area (TPSA) is 38.0 Å². The molecule has 0 amide bonds. The quantitative estimate of drug-likeness (QED) is 0.746. The van der Waals surface area contributed by atoms with Gasteiger partial charge in [-0.05, 0) is 56.4 Å². The minimum absolute atomic E-state index is 0.259. The monoisotopic (exact) mass is 210 g/mol. The highest BCUT2D eigenvalue weighted by molar-refractivity contribution is 4.98. The fourth-order valence-electron chi connectivity index (χ4n) is 3.00. The Bertz CT molecular complexity index is 213. The van der Waals surface area contributed by atoms with Gasteiger partial charge in [0.15, 0.2) is 0 Å². The molecule has 0 aromatic carbocycles. The van der Waals surface area contributed by atoms with Crippen molar-refractivity contribution < 1.29 is 0 Å². The maximum absolute atomic E-state index is 6.02. The van der Waals surface area contributed by atoms with Crippen LogP contribution in [-0.2, 0) is 0 Å². The van der Waals surface area contributed by atoms with Crippen molar-refractivity contribution in [1.29, 1.82) is 0 Å². The van der Waals surface area contributed by atoms with Gasteiger partial charge >= 0.3 is 0 Å². The van der Waals surface area contributed by atoms with E-state index in [0.717, 1.165) is 24.3 Å². The molecule has 3 N–H and O–H groups in total. The van der Waals surface area contributed by atoms with Crippen LogP contribution in [0.25, 0.3) is 0 Å². The summed E-state index contributed by atoms with van der Waals surface area (Å²) in [4.78, 5) is 0. The molecule has 3 atom stereocenters. The van der Waals surface area contributed by atoms with E-state index in [2.05, 4.69) is 19.2 Å². The lowest BCUT2D eigenvalue weighted by Gasteiger charge is -2.45. The van der Waals surface area contributed by atoms with Crippen molar-refractivity contribution in [3.63, 3.8) is 0 Å². The second kappa shape index (κ2) is 4.42. The molecule has 2 aliphatic carbocycles. The smallest absolute Gasteiger partial charge is 0.0330 e. The first-order valence-corrected chi connectivity index (χ1v) is 6.61. The third-order valence-corrected chi connectivity index (χ3v) is 4.59. The van der Waals surface area contributed by atoms with Gasteiger partial charge in [0.25, 0.3) is 0 Å². The van der Waals surface area contributed by atoms with Gasteiger partial charge < -0.3 is 11.1 Å². The van der Waals surface area contributed by atoms with Crippen LogP contribution in [0.2, 0.25) is 0 Å². The Hall–Kier alpha value is -0.0800. The van der Waals surface area contributed by atoms with Crippen LogP contribution in [0.5, 0.6) is 0 Å². The van der Waals surface area contributed by atoms with Crippen LogP contribution >= 0.6 is 0 Å². The third kappa shape index (κ3) is 2.54. The van der Waals surface area contributed by atoms with Crippen molar-refractivity contribution in [2.75, 3.05) is 13.1 Å². The zero-order valence-corrected chi connectivity index (χ0v) is 10.3. The summed E-state index contributed by atoms with van der Waals surface area (Å²) in [5.41, 5.74) is 6.28. The highest BCUT2D eigenvalue weighted by Crippen LogP contribution is 2.37. The first-order chi connectivity index (χ1) is 7.16. The van der Waals surface area contributed by atoms with Crippen molar-refractivity contribution in [3.8, 4) is 0 Å². The second-order valence-corrected chi connectivity index (χ2v) is 5.97. The molecule has 2 saturated carbocycles. The number of nitrogens with two attached hydrogens (primary N) is 1. The molecule has 2 aliphatic rings. The standard InChI is InChI=1S/C13H26N2/c1-10-5-6-13(9-14,11(2)7-10)15-8-12-3-4-12/h10-12,15H,3-9,14H2,1-2H3. The van der Waals surface area contributed by atoms with Gasteiger partial charge in [0, 0.05) is 12.1 Å². The van der Waals surface area contributed by atoms with E-state index in [1.165, 1.54) is 38.6 Å². The molecule has 2 fully saturated rings. The van der Waals surface area contributed by atoms with Gasteiger partial charge in [-0.1, -0.05) is 13.8 Å². The van der Waals surface area contributed by atoms with Gasteiger partial charge in [-0.3, -0.25) is 0 Å². The van der Waals surface area contributed by atoms with Crippen molar-refractivity contribution in [1.82, 2.24) is 5.32 Å². The average Bonchev–Trinajstić information content (AvgIpc) is 3.01. The number of rotatable bonds is 4. The lowest BCUT2D eigenvalue weighted by atomic mass is 9.70. The molecule has 0 aliphatic heterocycles. The molecule has 0 aromatic rings. The van der Waals surface area contributed by atoms with E-state index in [1.54, 1.807) is 0 Å². The van der Waals surface area contributed by atoms with E-state index >= 15 is 0 Å². The van der Waals surface area contributed by atoms with Crippen LogP contribution in [0.1, 0.15) is 46.0 Å². The predicted molar refractivity (Wildman–Crippen MR) is 64.7 cm³/mol. The molecule has 0 heterocycles. The molecule has 0 spiro atoms.